The highest BCUT2D eigenvalue weighted by atomic mass is 28.3. The van der Waals surface area contributed by atoms with Gasteiger partial charge in [-0.1, -0.05) is 19.6 Å². The number of aldehydes is 1. The van der Waals surface area contributed by atoms with Gasteiger partial charge in [-0.05, 0) is 12.5 Å². The molecule has 2 aliphatic heterocycles. The van der Waals surface area contributed by atoms with Gasteiger partial charge in [0.05, 0.1) is 18.9 Å². The van der Waals surface area contributed by atoms with Gasteiger partial charge in [-0.25, -0.2) is 4.99 Å². The van der Waals surface area contributed by atoms with Gasteiger partial charge in [0.1, 0.15) is 32.2 Å². The summed E-state index contributed by atoms with van der Waals surface area (Å²) in [6.45, 7) is 12.3. The maximum Gasteiger partial charge on any atom is 0.131 e. The molecule has 0 aromatic carbocycles. The van der Waals surface area contributed by atoms with Gasteiger partial charge in [0.25, 0.3) is 0 Å². The molecule has 0 saturated carbocycles. The van der Waals surface area contributed by atoms with E-state index in [1.807, 2.05) is 11.1 Å². The van der Waals surface area contributed by atoms with Crippen LogP contribution in [-0.2, 0) is 19.0 Å². The highest BCUT2D eigenvalue weighted by Gasteiger charge is 2.18. The summed E-state index contributed by atoms with van der Waals surface area (Å²) in [6, 6.07) is 1.14. The van der Waals surface area contributed by atoms with Gasteiger partial charge < -0.3 is 28.8 Å². The molecule has 148 valence electrons. The Morgan fingerprint density at radius 1 is 1.27 bits per heavy atom. The van der Waals surface area contributed by atoms with Crippen molar-refractivity contribution in [1.29, 1.82) is 0 Å². The minimum absolute atomic E-state index is 0.459. The minimum Gasteiger partial charge on any atom is -0.378 e. The number of rotatable bonds is 8. The lowest BCUT2D eigenvalue weighted by Crippen LogP contribution is -2.43. The van der Waals surface area contributed by atoms with Crippen LogP contribution in [0.5, 0.6) is 0 Å². The molecule has 0 unspecified atom stereocenters. The summed E-state index contributed by atoms with van der Waals surface area (Å²) in [5, 5.41) is 0. The van der Waals surface area contributed by atoms with Crippen molar-refractivity contribution >= 4 is 20.2 Å². The summed E-state index contributed by atoms with van der Waals surface area (Å²) in [5.74, 6) is 0.921. The van der Waals surface area contributed by atoms with Gasteiger partial charge in [0.15, 0.2) is 0 Å². The Hall–Kier alpha value is -1.22. The molecule has 2 aliphatic rings. The second kappa shape index (κ2) is 10.8. The van der Waals surface area contributed by atoms with Gasteiger partial charge in [-0.3, -0.25) is 0 Å². The van der Waals surface area contributed by atoms with Crippen molar-refractivity contribution in [3.05, 3.63) is 11.9 Å². The third kappa shape index (κ3) is 7.99. The summed E-state index contributed by atoms with van der Waals surface area (Å²) in [4.78, 5) is 19.8. The zero-order valence-corrected chi connectivity index (χ0v) is 17.4. The van der Waals surface area contributed by atoms with Gasteiger partial charge >= 0.3 is 0 Å². The van der Waals surface area contributed by atoms with Crippen LogP contribution in [-0.4, -0.2) is 83.0 Å². The van der Waals surface area contributed by atoms with Gasteiger partial charge in [0.2, 0.25) is 0 Å². The fourth-order valence-electron chi connectivity index (χ4n) is 2.67. The van der Waals surface area contributed by atoms with Crippen molar-refractivity contribution in [2.24, 2.45) is 4.99 Å². The van der Waals surface area contributed by atoms with Crippen LogP contribution in [0, 0.1) is 0 Å². The number of amidine groups is 1. The minimum atomic E-state index is -1.09. The van der Waals surface area contributed by atoms with E-state index in [-0.39, 0.29) is 0 Å². The highest BCUT2D eigenvalue weighted by Crippen LogP contribution is 2.14. The molecule has 2 heterocycles. The van der Waals surface area contributed by atoms with E-state index in [1.165, 1.54) is 0 Å². The standard InChI is InChI=1S/C18H33N3O4Si/c1-26(2,3)12-11-24-15-20-13-17(5-4-8-22)19-18(14-25-16-20)21-6-9-23-10-7-21/h8,13H,4-7,9-12,14-16H2,1-3H3/b17-13-,19-18?. The number of carbonyl (C=O) groups excluding carboxylic acids is 1. The first-order valence-corrected chi connectivity index (χ1v) is 13.1. The van der Waals surface area contributed by atoms with Crippen LogP contribution in [0.2, 0.25) is 25.7 Å². The maximum atomic E-state index is 10.8. The Kier molecular flexibility index (Phi) is 8.77. The molecule has 0 bridgehead atoms. The fraction of sp³-hybridized carbons (Fsp3) is 0.778. The number of carbonyl (C=O) groups is 1. The fourth-order valence-corrected chi connectivity index (χ4v) is 3.43. The van der Waals surface area contributed by atoms with Crippen molar-refractivity contribution in [1.82, 2.24) is 9.80 Å². The molecule has 26 heavy (non-hydrogen) atoms. The number of nitrogens with zero attached hydrogens (tertiary/aromatic N) is 3. The maximum absolute atomic E-state index is 10.8. The molecule has 1 saturated heterocycles. The van der Waals surface area contributed by atoms with Gasteiger partial charge in [-0.2, -0.15) is 0 Å². The summed E-state index contributed by atoms with van der Waals surface area (Å²) < 4.78 is 17.1. The van der Waals surface area contributed by atoms with Crippen LogP contribution in [0.3, 0.4) is 0 Å². The lowest BCUT2D eigenvalue weighted by Gasteiger charge is -2.32. The van der Waals surface area contributed by atoms with Crippen molar-refractivity contribution in [2.45, 2.75) is 38.5 Å². The van der Waals surface area contributed by atoms with Crippen LogP contribution in [0.1, 0.15) is 12.8 Å². The van der Waals surface area contributed by atoms with E-state index < -0.39 is 8.07 Å². The van der Waals surface area contributed by atoms with Crippen molar-refractivity contribution < 1.29 is 19.0 Å². The second-order valence-corrected chi connectivity index (χ2v) is 13.5. The number of morpholine rings is 1. The van der Waals surface area contributed by atoms with E-state index in [4.69, 9.17) is 19.2 Å². The smallest absolute Gasteiger partial charge is 0.131 e. The van der Waals surface area contributed by atoms with E-state index in [9.17, 15) is 4.79 Å². The predicted octanol–water partition coefficient (Wildman–Crippen LogP) is 2.14. The van der Waals surface area contributed by atoms with E-state index in [0.29, 0.717) is 46.1 Å². The van der Waals surface area contributed by atoms with E-state index in [2.05, 4.69) is 24.5 Å². The van der Waals surface area contributed by atoms with Gasteiger partial charge in [-0.15, -0.1) is 0 Å². The first kappa shape index (κ1) is 21.1. The molecule has 8 heteroatoms. The van der Waals surface area contributed by atoms with Crippen LogP contribution >= 0.6 is 0 Å². The average molecular weight is 384 g/mol. The normalized spacial score (nSPS) is 21.5. The van der Waals surface area contributed by atoms with Gasteiger partial charge in [0, 0.05) is 40.4 Å². The van der Waals surface area contributed by atoms with Crippen LogP contribution in [0.4, 0.5) is 0 Å². The molecule has 0 radical (unpaired) electrons. The lowest BCUT2D eigenvalue weighted by molar-refractivity contribution is -0.107. The number of ether oxygens (including phenoxy) is 3. The topological polar surface area (TPSA) is 63.6 Å². The highest BCUT2D eigenvalue weighted by molar-refractivity contribution is 6.76. The zero-order valence-electron chi connectivity index (χ0n) is 16.4. The third-order valence-electron chi connectivity index (χ3n) is 4.24. The molecule has 0 N–H and O–H groups in total. The Balaban J connectivity index is 1.98. The first-order valence-electron chi connectivity index (χ1n) is 9.42. The summed E-state index contributed by atoms with van der Waals surface area (Å²) in [6.07, 6.45) is 4.01. The largest absolute Gasteiger partial charge is 0.378 e. The Morgan fingerprint density at radius 3 is 2.73 bits per heavy atom. The molecule has 0 aromatic rings. The van der Waals surface area contributed by atoms with Crippen LogP contribution in [0.25, 0.3) is 0 Å². The zero-order chi connectivity index (χ0) is 18.8. The van der Waals surface area contributed by atoms with E-state index in [0.717, 1.165) is 43.6 Å². The molecule has 0 amide bonds. The van der Waals surface area contributed by atoms with Crippen LogP contribution < -0.4 is 0 Å². The van der Waals surface area contributed by atoms with Crippen molar-refractivity contribution in [2.75, 3.05) is 53.0 Å². The lowest BCUT2D eigenvalue weighted by atomic mass is 10.2. The van der Waals surface area contributed by atoms with Crippen LogP contribution in [0.15, 0.2) is 16.9 Å². The molecule has 0 aliphatic carbocycles. The quantitative estimate of drug-likeness (QED) is 0.363. The molecule has 2 rings (SSSR count). The molecule has 0 atom stereocenters. The van der Waals surface area contributed by atoms with E-state index in [1.54, 1.807) is 0 Å². The summed E-state index contributed by atoms with van der Waals surface area (Å²) in [7, 11) is -1.09. The Morgan fingerprint density at radius 2 is 2.04 bits per heavy atom. The Labute approximate surface area is 158 Å². The molecule has 1 fully saturated rings. The first-order chi connectivity index (χ1) is 12.5. The second-order valence-electron chi connectivity index (χ2n) is 7.87. The predicted molar refractivity (Wildman–Crippen MR) is 105 cm³/mol. The monoisotopic (exact) mass is 383 g/mol. The number of aliphatic imine (C=N–C) groups is 1. The molecule has 0 spiro atoms. The third-order valence-corrected chi connectivity index (χ3v) is 5.94. The number of hydrogen-bond acceptors (Lipinski definition) is 7. The van der Waals surface area contributed by atoms with Crippen molar-refractivity contribution in [3.8, 4) is 0 Å². The molecular formula is C18H33N3O4Si. The summed E-state index contributed by atoms with van der Waals surface area (Å²) >= 11 is 0. The number of hydrogen-bond donors (Lipinski definition) is 0. The summed E-state index contributed by atoms with van der Waals surface area (Å²) in [5.41, 5.74) is 0.899. The van der Waals surface area contributed by atoms with Crippen molar-refractivity contribution in [3.63, 3.8) is 0 Å². The Bertz CT molecular complexity index is 499. The number of allylic oxidation sites excluding steroid dienone is 1. The molecular weight excluding hydrogens is 350 g/mol. The molecule has 7 nitrogen and oxygen atoms in total. The average Bonchev–Trinajstić information content (AvgIpc) is 2.59. The SMILES string of the molecule is C[Si](C)(C)CCOCN1/C=C(/CCC=O)N=C(N2CCOCC2)COC1. The molecule has 0 aromatic heterocycles. The van der Waals surface area contributed by atoms with E-state index >= 15 is 0 Å².